The zero-order valence-electron chi connectivity index (χ0n) is 11.8. The summed E-state index contributed by atoms with van der Waals surface area (Å²) >= 11 is 0. The second-order valence-corrected chi connectivity index (χ2v) is 4.51. The van der Waals surface area contributed by atoms with Gasteiger partial charge in [-0.15, -0.1) is 0 Å². The third kappa shape index (κ3) is 3.60. The van der Waals surface area contributed by atoms with Crippen LogP contribution in [0.1, 0.15) is 18.9 Å². The Bertz CT molecular complexity index is 605. The molecule has 0 saturated heterocycles. The standard InChI is InChI=1S/C15H19N3O2/c1-3-8-16-13-9-15(19)18(17-10-13)11-12-4-6-14(20-2)7-5-12/h4-7,9-10,16H,3,8,11H2,1-2H3. The molecule has 106 valence electrons. The number of hydrogen-bond acceptors (Lipinski definition) is 4. The number of benzene rings is 1. The van der Waals surface area contributed by atoms with Crippen LogP contribution in [0.5, 0.6) is 5.75 Å². The quantitative estimate of drug-likeness (QED) is 0.876. The molecule has 0 fully saturated rings. The van der Waals surface area contributed by atoms with Crippen LogP contribution in [0.3, 0.4) is 0 Å². The van der Waals surface area contributed by atoms with E-state index in [9.17, 15) is 4.79 Å². The lowest BCUT2D eigenvalue weighted by Gasteiger charge is -2.08. The van der Waals surface area contributed by atoms with Crippen LogP contribution in [0.2, 0.25) is 0 Å². The number of nitrogens with zero attached hydrogens (tertiary/aromatic N) is 2. The van der Waals surface area contributed by atoms with Crippen molar-refractivity contribution in [2.24, 2.45) is 0 Å². The lowest BCUT2D eigenvalue weighted by molar-refractivity contribution is 0.414. The first-order valence-electron chi connectivity index (χ1n) is 6.67. The Morgan fingerprint density at radius 2 is 2.05 bits per heavy atom. The topological polar surface area (TPSA) is 56.1 Å². The second-order valence-electron chi connectivity index (χ2n) is 4.51. The third-order valence-electron chi connectivity index (χ3n) is 2.94. The van der Waals surface area contributed by atoms with Crippen LogP contribution in [0.25, 0.3) is 0 Å². The van der Waals surface area contributed by atoms with Gasteiger partial charge in [0.2, 0.25) is 0 Å². The van der Waals surface area contributed by atoms with Gasteiger partial charge in [-0.2, -0.15) is 5.10 Å². The number of rotatable bonds is 6. The summed E-state index contributed by atoms with van der Waals surface area (Å²) in [5.74, 6) is 0.799. The summed E-state index contributed by atoms with van der Waals surface area (Å²) in [6.45, 7) is 3.37. The van der Waals surface area contributed by atoms with Crippen molar-refractivity contribution in [1.29, 1.82) is 0 Å². The van der Waals surface area contributed by atoms with E-state index in [1.807, 2.05) is 24.3 Å². The lowest BCUT2D eigenvalue weighted by Crippen LogP contribution is -2.23. The highest BCUT2D eigenvalue weighted by molar-refractivity contribution is 5.38. The average Bonchev–Trinajstić information content (AvgIpc) is 2.48. The van der Waals surface area contributed by atoms with Crippen molar-refractivity contribution in [3.8, 4) is 5.75 Å². The normalized spacial score (nSPS) is 10.3. The Kier molecular flexibility index (Phi) is 4.76. The van der Waals surface area contributed by atoms with E-state index in [0.29, 0.717) is 6.54 Å². The minimum Gasteiger partial charge on any atom is -0.497 e. The average molecular weight is 273 g/mol. The predicted molar refractivity (Wildman–Crippen MR) is 79.4 cm³/mol. The van der Waals surface area contributed by atoms with Crippen molar-refractivity contribution in [2.75, 3.05) is 19.0 Å². The lowest BCUT2D eigenvalue weighted by atomic mass is 10.2. The first-order valence-corrected chi connectivity index (χ1v) is 6.67. The van der Waals surface area contributed by atoms with E-state index in [1.165, 1.54) is 4.68 Å². The van der Waals surface area contributed by atoms with Gasteiger partial charge in [0.05, 0.1) is 25.5 Å². The maximum absolute atomic E-state index is 12.0. The fraction of sp³-hybridized carbons (Fsp3) is 0.333. The minimum atomic E-state index is -0.109. The summed E-state index contributed by atoms with van der Waals surface area (Å²) < 4.78 is 6.55. The maximum atomic E-state index is 12.0. The van der Waals surface area contributed by atoms with Gasteiger partial charge in [-0.1, -0.05) is 19.1 Å². The number of hydrogen-bond donors (Lipinski definition) is 1. The number of aromatic nitrogens is 2. The molecule has 0 spiro atoms. The van der Waals surface area contributed by atoms with E-state index in [4.69, 9.17) is 4.74 Å². The minimum absolute atomic E-state index is 0.109. The SMILES string of the molecule is CCCNc1cnn(Cc2ccc(OC)cc2)c(=O)c1. The Labute approximate surface area is 118 Å². The maximum Gasteiger partial charge on any atom is 0.269 e. The predicted octanol–water partition coefficient (Wildman–Crippen LogP) is 2.12. The third-order valence-corrected chi connectivity index (χ3v) is 2.94. The molecule has 1 N–H and O–H groups in total. The summed E-state index contributed by atoms with van der Waals surface area (Å²) in [6.07, 6.45) is 2.69. The molecule has 0 saturated carbocycles. The Morgan fingerprint density at radius 1 is 1.30 bits per heavy atom. The van der Waals surface area contributed by atoms with Crippen molar-refractivity contribution in [2.45, 2.75) is 19.9 Å². The first kappa shape index (κ1) is 14.1. The van der Waals surface area contributed by atoms with Crippen molar-refractivity contribution < 1.29 is 4.74 Å². The molecule has 1 aromatic heterocycles. The van der Waals surface area contributed by atoms with Crippen LogP contribution in [0, 0.1) is 0 Å². The highest BCUT2D eigenvalue weighted by Crippen LogP contribution is 2.11. The van der Waals surface area contributed by atoms with Gasteiger partial charge in [0.1, 0.15) is 5.75 Å². The number of nitrogens with one attached hydrogen (secondary N) is 1. The Balaban J connectivity index is 2.10. The van der Waals surface area contributed by atoms with Crippen molar-refractivity contribution >= 4 is 5.69 Å². The molecule has 1 heterocycles. The monoisotopic (exact) mass is 273 g/mol. The molecule has 0 bridgehead atoms. The van der Waals surface area contributed by atoms with E-state index in [0.717, 1.165) is 30.0 Å². The van der Waals surface area contributed by atoms with Crippen LogP contribution < -0.4 is 15.6 Å². The van der Waals surface area contributed by atoms with Crippen LogP contribution in [-0.2, 0) is 6.54 Å². The van der Waals surface area contributed by atoms with Gasteiger partial charge < -0.3 is 10.1 Å². The molecule has 0 radical (unpaired) electrons. The summed E-state index contributed by atoms with van der Waals surface area (Å²) in [4.78, 5) is 12.0. The van der Waals surface area contributed by atoms with Gasteiger partial charge in [0.15, 0.2) is 0 Å². The summed E-state index contributed by atoms with van der Waals surface area (Å²) in [7, 11) is 1.63. The van der Waals surface area contributed by atoms with Gasteiger partial charge in [-0.05, 0) is 24.1 Å². The Hall–Kier alpha value is -2.30. The van der Waals surface area contributed by atoms with Crippen molar-refractivity contribution in [3.05, 3.63) is 52.4 Å². The molecule has 0 aliphatic heterocycles. The largest absolute Gasteiger partial charge is 0.497 e. The van der Waals surface area contributed by atoms with E-state index in [1.54, 1.807) is 19.4 Å². The zero-order chi connectivity index (χ0) is 14.4. The van der Waals surface area contributed by atoms with Crippen LogP contribution in [0.4, 0.5) is 5.69 Å². The van der Waals surface area contributed by atoms with E-state index in [2.05, 4.69) is 17.3 Å². The molecule has 1 aromatic carbocycles. The number of methoxy groups -OCH3 is 1. The smallest absolute Gasteiger partial charge is 0.269 e. The Morgan fingerprint density at radius 3 is 2.65 bits per heavy atom. The number of ether oxygens (including phenoxy) is 1. The van der Waals surface area contributed by atoms with E-state index in [-0.39, 0.29) is 5.56 Å². The van der Waals surface area contributed by atoms with Crippen LogP contribution in [0.15, 0.2) is 41.3 Å². The fourth-order valence-corrected chi connectivity index (χ4v) is 1.82. The van der Waals surface area contributed by atoms with E-state index < -0.39 is 0 Å². The summed E-state index contributed by atoms with van der Waals surface area (Å²) in [6, 6.07) is 9.17. The second kappa shape index (κ2) is 6.75. The summed E-state index contributed by atoms with van der Waals surface area (Å²) in [5, 5.41) is 7.33. The molecule has 0 aliphatic rings. The van der Waals surface area contributed by atoms with Crippen molar-refractivity contribution in [1.82, 2.24) is 9.78 Å². The van der Waals surface area contributed by atoms with Crippen LogP contribution >= 0.6 is 0 Å². The van der Waals surface area contributed by atoms with Gasteiger partial charge in [-0.3, -0.25) is 4.79 Å². The zero-order valence-corrected chi connectivity index (χ0v) is 11.8. The van der Waals surface area contributed by atoms with Crippen LogP contribution in [-0.4, -0.2) is 23.4 Å². The molecule has 20 heavy (non-hydrogen) atoms. The molecule has 0 aliphatic carbocycles. The highest BCUT2D eigenvalue weighted by Gasteiger charge is 2.01. The molecule has 0 unspecified atom stereocenters. The molecule has 5 nitrogen and oxygen atoms in total. The van der Waals surface area contributed by atoms with Gasteiger partial charge in [0.25, 0.3) is 5.56 Å². The van der Waals surface area contributed by atoms with Crippen molar-refractivity contribution in [3.63, 3.8) is 0 Å². The molecule has 2 aromatic rings. The molecule has 0 atom stereocenters. The first-order chi connectivity index (χ1) is 9.72. The molecule has 0 amide bonds. The van der Waals surface area contributed by atoms with Gasteiger partial charge in [-0.25, -0.2) is 4.68 Å². The molecule has 5 heteroatoms. The highest BCUT2D eigenvalue weighted by atomic mass is 16.5. The molecule has 2 rings (SSSR count). The fourth-order valence-electron chi connectivity index (χ4n) is 1.82. The van der Waals surface area contributed by atoms with Gasteiger partial charge >= 0.3 is 0 Å². The van der Waals surface area contributed by atoms with E-state index >= 15 is 0 Å². The molecular weight excluding hydrogens is 254 g/mol. The summed E-state index contributed by atoms with van der Waals surface area (Å²) in [5.41, 5.74) is 1.67. The van der Waals surface area contributed by atoms with Gasteiger partial charge in [0, 0.05) is 12.6 Å². The number of anilines is 1. The molecular formula is C15H19N3O2.